The van der Waals surface area contributed by atoms with Gasteiger partial charge in [0.05, 0.1) is 7.11 Å². The number of primary amides is 1. The summed E-state index contributed by atoms with van der Waals surface area (Å²) >= 11 is 0. The molecule has 0 saturated heterocycles. The minimum absolute atomic E-state index is 0.0470. The number of nitrogens with one attached hydrogen (secondary N) is 1. The Morgan fingerprint density at radius 2 is 2.05 bits per heavy atom. The highest BCUT2D eigenvalue weighted by atomic mass is 16.5. The van der Waals surface area contributed by atoms with Crippen LogP contribution >= 0.6 is 0 Å². The Kier molecular flexibility index (Phi) is 4.73. The SMILES string of the molecule is COc1cc(C(C)(NC2CCCCC2)C(N)=O)ccc1O. The Labute approximate surface area is 125 Å². The van der Waals surface area contributed by atoms with E-state index in [1.165, 1.54) is 32.4 Å². The topological polar surface area (TPSA) is 84.6 Å². The first-order valence-corrected chi connectivity index (χ1v) is 7.42. The van der Waals surface area contributed by atoms with Gasteiger partial charge in [-0.2, -0.15) is 0 Å². The number of phenolic OH excluding ortho intramolecular Hbond substituents is 1. The van der Waals surface area contributed by atoms with Gasteiger partial charge in [-0.15, -0.1) is 0 Å². The van der Waals surface area contributed by atoms with Gasteiger partial charge in [-0.3, -0.25) is 10.1 Å². The van der Waals surface area contributed by atoms with E-state index in [-0.39, 0.29) is 11.8 Å². The number of carbonyl (C=O) groups excluding carboxylic acids is 1. The molecule has 0 aliphatic heterocycles. The summed E-state index contributed by atoms with van der Waals surface area (Å²) in [5, 5.41) is 13.1. The van der Waals surface area contributed by atoms with Gasteiger partial charge in [0.25, 0.3) is 0 Å². The third-order valence-electron chi connectivity index (χ3n) is 4.35. The fraction of sp³-hybridized carbons (Fsp3) is 0.562. The number of phenols is 1. The Morgan fingerprint density at radius 3 is 2.62 bits per heavy atom. The molecule has 0 spiro atoms. The van der Waals surface area contributed by atoms with Crippen molar-refractivity contribution in [3.8, 4) is 11.5 Å². The zero-order chi connectivity index (χ0) is 15.5. The lowest BCUT2D eigenvalue weighted by Gasteiger charge is -2.35. The summed E-state index contributed by atoms with van der Waals surface area (Å²) in [5.74, 6) is -0.0445. The molecule has 1 unspecified atom stereocenters. The van der Waals surface area contributed by atoms with Crippen molar-refractivity contribution in [3.63, 3.8) is 0 Å². The summed E-state index contributed by atoms with van der Waals surface area (Å²) in [6, 6.07) is 5.18. The molecule has 0 heterocycles. The van der Waals surface area contributed by atoms with Crippen molar-refractivity contribution in [2.75, 3.05) is 7.11 Å². The van der Waals surface area contributed by atoms with Crippen LogP contribution in [0.3, 0.4) is 0 Å². The van der Waals surface area contributed by atoms with Crippen LogP contribution in [0, 0.1) is 0 Å². The maximum Gasteiger partial charge on any atom is 0.242 e. The minimum Gasteiger partial charge on any atom is -0.504 e. The molecular weight excluding hydrogens is 268 g/mol. The number of hydrogen-bond donors (Lipinski definition) is 3. The third-order valence-corrected chi connectivity index (χ3v) is 4.35. The number of methoxy groups -OCH3 is 1. The number of aromatic hydroxyl groups is 1. The van der Waals surface area contributed by atoms with Crippen molar-refractivity contribution in [1.82, 2.24) is 5.32 Å². The molecule has 1 saturated carbocycles. The molecule has 21 heavy (non-hydrogen) atoms. The number of benzene rings is 1. The van der Waals surface area contributed by atoms with E-state index in [0.29, 0.717) is 11.3 Å². The van der Waals surface area contributed by atoms with Crippen molar-refractivity contribution in [1.29, 1.82) is 0 Å². The van der Waals surface area contributed by atoms with Crippen LogP contribution in [0.1, 0.15) is 44.6 Å². The summed E-state index contributed by atoms with van der Waals surface area (Å²) in [5.41, 5.74) is 5.38. The molecule has 1 amide bonds. The van der Waals surface area contributed by atoms with Gasteiger partial charge in [0, 0.05) is 6.04 Å². The smallest absolute Gasteiger partial charge is 0.242 e. The molecule has 1 fully saturated rings. The summed E-state index contributed by atoms with van der Waals surface area (Å²) < 4.78 is 5.12. The van der Waals surface area contributed by atoms with Crippen LogP contribution < -0.4 is 15.8 Å². The molecule has 2 rings (SSSR count). The average molecular weight is 292 g/mol. The normalized spacial score (nSPS) is 19.0. The van der Waals surface area contributed by atoms with Crippen LogP contribution in [0.2, 0.25) is 0 Å². The molecule has 4 N–H and O–H groups in total. The summed E-state index contributed by atoms with van der Waals surface area (Å²) in [6.07, 6.45) is 5.70. The van der Waals surface area contributed by atoms with Gasteiger partial charge < -0.3 is 15.6 Å². The highest BCUT2D eigenvalue weighted by Crippen LogP contribution is 2.32. The van der Waals surface area contributed by atoms with Crippen LogP contribution in [-0.4, -0.2) is 24.2 Å². The highest BCUT2D eigenvalue weighted by Gasteiger charge is 2.36. The van der Waals surface area contributed by atoms with E-state index in [1.54, 1.807) is 19.1 Å². The van der Waals surface area contributed by atoms with Crippen LogP contribution in [0.15, 0.2) is 18.2 Å². The van der Waals surface area contributed by atoms with Gasteiger partial charge in [0.15, 0.2) is 11.5 Å². The highest BCUT2D eigenvalue weighted by molar-refractivity contribution is 5.86. The number of amides is 1. The number of rotatable bonds is 5. The van der Waals surface area contributed by atoms with E-state index in [0.717, 1.165) is 12.8 Å². The van der Waals surface area contributed by atoms with Crippen molar-refractivity contribution in [2.45, 2.75) is 50.6 Å². The number of nitrogens with two attached hydrogens (primary N) is 1. The van der Waals surface area contributed by atoms with Crippen molar-refractivity contribution < 1.29 is 14.6 Å². The molecule has 0 bridgehead atoms. The lowest BCUT2D eigenvalue weighted by Crippen LogP contribution is -2.54. The molecule has 1 aromatic rings. The van der Waals surface area contributed by atoms with Crippen LogP contribution in [-0.2, 0) is 10.3 Å². The van der Waals surface area contributed by atoms with Crippen LogP contribution in [0.4, 0.5) is 0 Å². The van der Waals surface area contributed by atoms with E-state index >= 15 is 0 Å². The van der Waals surface area contributed by atoms with Crippen molar-refractivity contribution in [3.05, 3.63) is 23.8 Å². The number of ether oxygens (including phenoxy) is 1. The molecule has 5 nitrogen and oxygen atoms in total. The minimum atomic E-state index is -0.969. The Hall–Kier alpha value is -1.75. The molecule has 1 aliphatic rings. The predicted octanol–water partition coefficient (Wildman–Crippen LogP) is 2.02. The maximum absolute atomic E-state index is 12.0. The van der Waals surface area contributed by atoms with Crippen molar-refractivity contribution >= 4 is 5.91 Å². The standard InChI is InChI=1S/C16H24N2O3/c1-16(15(17)20,18-12-6-4-3-5-7-12)11-8-9-13(19)14(10-11)21-2/h8-10,12,18-19H,3-7H2,1-2H3,(H2,17,20). The van der Waals surface area contributed by atoms with E-state index in [2.05, 4.69) is 5.32 Å². The average Bonchev–Trinajstić information content (AvgIpc) is 2.48. The molecule has 116 valence electrons. The fourth-order valence-electron chi connectivity index (χ4n) is 2.94. The van der Waals surface area contributed by atoms with Crippen LogP contribution in [0.25, 0.3) is 0 Å². The lowest BCUT2D eigenvalue weighted by molar-refractivity contribution is -0.124. The van der Waals surface area contributed by atoms with E-state index in [4.69, 9.17) is 10.5 Å². The first-order chi connectivity index (χ1) is 9.97. The van der Waals surface area contributed by atoms with E-state index < -0.39 is 11.4 Å². The van der Waals surface area contributed by atoms with E-state index in [1.807, 2.05) is 0 Å². The summed E-state index contributed by atoms with van der Waals surface area (Å²) in [6.45, 7) is 1.79. The number of hydrogen-bond acceptors (Lipinski definition) is 4. The largest absolute Gasteiger partial charge is 0.504 e. The number of carbonyl (C=O) groups is 1. The van der Waals surface area contributed by atoms with Gasteiger partial charge >= 0.3 is 0 Å². The molecule has 0 aromatic heterocycles. The maximum atomic E-state index is 12.0. The quantitative estimate of drug-likeness (QED) is 0.775. The lowest BCUT2D eigenvalue weighted by atomic mass is 9.87. The second kappa shape index (κ2) is 6.35. The molecule has 1 aromatic carbocycles. The molecular formula is C16H24N2O3. The Bertz CT molecular complexity index is 512. The summed E-state index contributed by atoms with van der Waals surface area (Å²) in [4.78, 5) is 12.0. The third kappa shape index (κ3) is 3.29. The van der Waals surface area contributed by atoms with Gasteiger partial charge in [0.1, 0.15) is 5.54 Å². The van der Waals surface area contributed by atoms with Gasteiger partial charge in [0.2, 0.25) is 5.91 Å². The Balaban J connectivity index is 2.30. The molecule has 1 atom stereocenters. The molecule has 5 heteroatoms. The van der Waals surface area contributed by atoms with Gasteiger partial charge in [-0.05, 0) is 37.5 Å². The zero-order valence-corrected chi connectivity index (χ0v) is 12.7. The second-order valence-electron chi connectivity index (χ2n) is 5.86. The summed E-state index contributed by atoms with van der Waals surface area (Å²) in [7, 11) is 1.48. The zero-order valence-electron chi connectivity index (χ0n) is 12.7. The first kappa shape index (κ1) is 15.6. The van der Waals surface area contributed by atoms with Gasteiger partial charge in [-0.1, -0.05) is 25.3 Å². The molecule has 0 radical (unpaired) electrons. The monoisotopic (exact) mass is 292 g/mol. The van der Waals surface area contributed by atoms with Gasteiger partial charge in [-0.25, -0.2) is 0 Å². The van der Waals surface area contributed by atoms with E-state index in [9.17, 15) is 9.90 Å². The first-order valence-electron chi connectivity index (χ1n) is 7.42. The second-order valence-corrected chi connectivity index (χ2v) is 5.86. The predicted molar refractivity (Wildman–Crippen MR) is 81.2 cm³/mol. The van der Waals surface area contributed by atoms with Crippen molar-refractivity contribution in [2.24, 2.45) is 5.73 Å². The fourth-order valence-corrected chi connectivity index (χ4v) is 2.94. The Morgan fingerprint density at radius 1 is 1.38 bits per heavy atom. The van der Waals surface area contributed by atoms with Crippen LogP contribution in [0.5, 0.6) is 11.5 Å². The molecule has 1 aliphatic carbocycles.